The normalized spacial score (nSPS) is 10.5. The second-order valence-electron chi connectivity index (χ2n) is 2.72. The summed E-state index contributed by atoms with van der Waals surface area (Å²) in [5.74, 6) is 0. The smallest absolute Gasteiger partial charge is 0.126 e. The van der Waals surface area contributed by atoms with Gasteiger partial charge in [0.1, 0.15) is 3.70 Å². The van der Waals surface area contributed by atoms with Gasteiger partial charge in [-0.1, -0.05) is 13.3 Å². The maximum atomic E-state index is 4.35. The first-order valence-corrected chi connectivity index (χ1v) is 5.01. The zero-order valence-electron chi connectivity index (χ0n) is 6.97. The Bertz CT molecular complexity index is 210. The number of nitrogens with zero attached hydrogens (tertiary/aromatic N) is 2. The fourth-order valence-corrected chi connectivity index (χ4v) is 1.35. The van der Waals surface area contributed by atoms with Gasteiger partial charge in [-0.25, -0.2) is 0 Å². The second-order valence-corrected chi connectivity index (χ2v) is 3.74. The maximum absolute atomic E-state index is 4.35. The van der Waals surface area contributed by atoms with Crippen LogP contribution in [0.2, 0.25) is 0 Å². The molecule has 0 radical (unpaired) electrons. The molecule has 0 atom stereocenters. The molecule has 0 bridgehead atoms. The lowest BCUT2D eigenvalue weighted by Gasteiger charge is -1.96. The Hall–Kier alpha value is -0.0600. The van der Waals surface area contributed by atoms with Crippen LogP contribution in [-0.4, -0.2) is 9.78 Å². The first kappa shape index (κ1) is 9.03. The molecule has 0 unspecified atom stereocenters. The van der Waals surface area contributed by atoms with E-state index in [1.165, 1.54) is 18.4 Å². The van der Waals surface area contributed by atoms with Crippen molar-refractivity contribution < 1.29 is 0 Å². The van der Waals surface area contributed by atoms with Crippen molar-refractivity contribution >= 4 is 22.6 Å². The molecule has 0 N–H and O–H groups in total. The Morgan fingerprint density at radius 1 is 1.64 bits per heavy atom. The third-order valence-corrected chi connectivity index (χ3v) is 2.69. The van der Waals surface area contributed by atoms with Gasteiger partial charge in [0.15, 0.2) is 0 Å². The van der Waals surface area contributed by atoms with Crippen LogP contribution in [-0.2, 0) is 6.54 Å². The molecule has 1 heterocycles. The van der Waals surface area contributed by atoms with Crippen LogP contribution in [0.5, 0.6) is 0 Å². The Kier molecular flexibility index (Phi) is 3.36. The van der Waals surface area contributed by atoms with Crippen molar-refractivity contribution in [3.8, 4) is 0 Å². The first-order chi connectivity index (χ1) is 5.24. The number of rotatable bonds is 3. The number of halogens is 1. The Balaban J connectivity index is 2.58. The second kappa shape index (κ2) is 4.09. The first-order valence-electron chi connectivity index (χ1n) is 3.93. The van der Waals surface area contributed by atoms with Crippen molar-refractivity contribution in [3.05, 3.63) is 15.5 Å². The molecule has 0 saturated carbocycles. The molecule has 0 aliphatic heterocycles. The van der Waals surface area contributed by atoms with E-state index in [4.69, 9.17) is 0 Å². The highest BCUT2D eigenvalue weighted by atomic mass is 127. The van der Waals surface area contributed by atoms with E-state index in [1.807, 2.05) is 4.68 Å². The summed E-state index contributed by atoms with van der Waals surface area (Å²) in [4.78, 5) is 0. The molecular weight excluding hydrogens is 251 g/mol. The van der Waals surface area contributed by atoms with E-state index in [0.29, 0.717) is 0 Å². The third-order valence-electron chi connectivity index (χ3n) is 1.63. The minimum atomic E-state index is 1.06. The van der Waals surface area contributed by atoms with Crippen molar-refractivity contribution in [2.24, 2.45) is 0 Å². The highest BCUT2D eigenvalue weighted by Crippen LogP contribution is 2.08. The third kappa shape index (κ3) is 2.47. The van der Waals surface area contributed by atoms with Crippen molar-refractivity contribution in [1.82, 2.24) is 9.78 Å². The van der Waals surface area contributed by atoms with Crippen molar-refractivity contribution in [3.63, 3.8) is 0 Å². The highest BCUT2D eigenvalue weighted by Gasteiger charge is 1.99. The molecular formula is C8H13IN2. The number of hydrogen-bond donors (Lipinski definition) is 0. The summed E-state index contributed by atoms with van der Waals surface area (Å²) in [7, 11) is 0. The minimum absolute atomic E-state index is 1.06. The molecule has 11 heavy (non-hydrogen) atoms. The van der Waals surface area contributed by atoms with Crippen LogP contribution >= 0.6 is 22.6 Å². The summed E-state index contributed by atoms with van der Waals surface area (Å²) in [5, 5.41) is 4.35. The predicted octanol–water partition coefficient (Wildman–Crippen LogP) is 2.60. The van der Waals surface area contributed by atoms with Crippen LogP contribution < -0.4 is 0 Å². The lowest BCUT2D eigenvalue weighted by molar-refractivity contribution is 0.569. The largest absolute Gasteiger partial charge is 0.271 e. The summed E-state index contributed by atoms with van der Waals surface area (Å²) in [6.45, 7) is 5.35. The summed E-state index contributed by atoms with van der Waals surface area (Å²) in [6.07, 6.45) is 4.56. The summed E-state index contributed by atoms with van der Waals surface area (Å²) in [5.41, 5.74) is 1.28. The Morgan fingerprint density at radius 2 is 2.36 bits per heavy atom. The van der Waals surface area contributed by atoms with E-state index in [1.54, 1.807) is 0 Å². The highest BCUT2D eigenvalue weighted by molar-refractivity contribution is 14.1. The number of aryl methyl sites for hydroxylation is 2. The lowest BCUT2D eigenvalue weighted by Crippen LogP contribution is -1.97. The van der Waals surface area contributed by atoms with Crippen LogP contribution in [0.4, 0.5) is 0 Å². The van der Waals surface area contributed by atoms with Crippen LogP contribution in [0.25, 0.3) is 0 Å². The van der Waals surface area contributed by atoms with Gasteiger partial charge >= 0.3 is 0 Å². The molecule has 2 nitrogen and oxygen atoms in total. The fraction of sp³-hybridized carbons (Fsp3) is 0.625. The lowest BCUT2D eigenvalue weighted by atomic mass is 10.3. The van der Waals surface area contributed by atoms with Crippen molar-refractivity contribution in [2.45, 2.75) is 33.2 Å². The Morgan fingerprint density at radius 3 is 2.82 bits per heavy atom. The van der Waals surface area contributed by atoms with Gasteiger partial charge < -0.3 is 0 Å². The molecule has 1 aromatic heterocycles. The molecule has 3 heteroatoms. The van der Waals surface area contributed by atoms with Crippen molar-refractivity contribution in [2.75, 3.05) is 0 Å². The zero-order valence-corrected chi connectivity index (χ0v) is 9.13. The van der Waals surface area contributed by atoms with E-state index in [0.717, 1.165) is 10.2 Å². The molecule has 0 fully saturated rings. The van der Waals surface area contributed by atoms with Crippen molar-refractivity contribution in [1.29, 1.82) is 0 Å². The average Bonchev–Trinajstić information content (AvgIpc) is 2.28. The molecule has 0 aromatic carbocycles. The van der Waals surface area contributed by atoms with Gasteiger partial charge in [0.25, 0.3) is 0 Å². The van der Waals surface area contributed by atoms with Gasteiger partial charge in [-0.3, -0.25) is 4.68 Å². The van der Waals surface area contributed by atoms with Gasteiger partial charge in [-0.15, -0.1) is 0 Å². The van der Waals surface area contributed by atoms with Gasteiger partial charge in [-0.2, -0.15) is 5.10 Å². The Labute approximate surface area is 81.1 Å². The number of aromatic nitrogens is 2. The predicted molar refractivity (Wildman–Crippen MR) is 54.6 cm³/mol. The molecule has 0 aliphatic carbocycles. The van der Waals surface area contributed by atoms with Crippen LogP contribution in [0, 0.1) is 10.6 Å². The van der Waals surface area contributed by atoms with E-state index in [-0.39, 0.29) is 0 Å². The topological polar surface area (TPSA) is 17.8 Å². The van der Waals surface area contributed by atoms with Crippen LogP contribution in [0.1, 0.15) is 25.3 Å². The van der Waals surface area contributed by atoms with Gasteiger partial charge in [-0.05, 0) is 35.9 Å². The minimum Gasteiger partial charge on any atom is -0.271 e. The summed E-state index contributed by atoms with van der Waals surface area (Å²) < 4.78 is 3.15. The van der Waals surface area contributed by atoms with E-state index in [9.17, 15) is 0 Å². The molecule has 0 spiro atoms. The zero-order chi connectivity index (χ0) is 8.27. The average molecular weight is 264 g/mol. The van der Waals surface area contributed by atoms with Gasteiger partial charge in [0, 0.05) is 18.3 Å². The SMILES string of the molecule is CCCCn1cc(C)c(I)n1. The van der Waals surface area contributed by atoms with E-state index in [2.05, 4.69) is 47.7 Å². The van der Waals surface area contributed by atoms with E-state index >= 15 is 0 Å². The quantitative estimate of drug-likeness (QED) is 0.767. The standard InChI is InChI=1S/C8H13IN2/c1-3-4-5-11-6-7(2)8(9)10-11/h6H,3-5H2,1-2H3. The summed E-state index contributed by atoms with van der Waals surface area (Å²) in [6, 6.07) is 0. The van der Waals surface area contributed by atoms with E-state index < -0.39 is 0 Å². The summed E-state index contributed by atoms with van der Waals surface area (Å²) >= 11 is 2.26. The molecule has 1 rings (SSSR count). The van der Waals surface area contributed by atoms with Gasteiger partial charge in [0.05, 0.1) is 0 Å². The maximum Gasteiger partial charge on any atom is 0.126 e. The molecule has 0 saturated heterocycles. The number of unbranched alkanes of at least 4 members (excludes halogenated alkanes) is 1. The monoisotopic (exact) mass is 264 g/mol. The molecule has 62 valence electrons. The van der Waals surface area contributed by atoms with Gasteiger partial charge in [0.2, 0.25) is 0 Å². The number of hydrogen-bond acceptors (Lipinski definition) is 1. The van der Waals surface area contributed by atoms with Crippen LogP contribution in [0.3, 0.4) is 0 Å². The van der Waals surface area contributed by atoms with Crippen LogP contribution in [0.15, 0.2) is 6.20 Å². The molecule has 0 aliphatic rings. The molecule has 0 amide bonds. The fourth-order valence-electron chi connectivity index (χ4n) is 0.932. The molecule has 1 aromatic rings.